The van der Waals surface area contributed by atoms with Gasteiger partial charge >= 0.3 is 0 Å². The number of piperidine rings is 2. The van der Waals surface area contributed by atoms with Crippen molar-refractivity contribution in [1.29, 1.82) is 0 Å². The standard InChI is InChI=1S/C26H35N3O3S/c1-20-9-8-13-28(18-20)16-12-27-26(31)25-22(17-23(33-25)21-10-4-2-5-11-21)32-19-24(30)29-14-6-3-7-15-29/h2,4-5,10-11,17,20H,3,6-9,12-16,18-19H2,1H3,(H,27,31). The maximum absolute atomic E-state index is 13.1. The van der Waals surface area contributed by atoms with Gasteiger partial charge in [-0.3, -0.25) is 9.59 Å². The van der Waals surface area contributed by atoms with E-state index < -0.39 is 0 Å². The zero-order valence-electron chi connectivity index (χ0n) is 19.6. The lowest BCUT2D eigenvalue weighted by atomic mass is 10.0. The lowest BCUT2D eigenvalue weighted by molar-refractivity contribution is -0.134. The van der Waals surface area contributed by atoms with E-state index in [1.807, 2.05) is 41.3 Å². The molecule has 0 radical (unpaired) electrons. The second-order valence-electron chi connectivity index (χ2n) is 9.20. The molecule has 1 aromatic carbocycles. The Labute approximate surface area is 200 Å². The number of nitrogens with zero attached hydrogens (tertiary/aromatic N) is 2. The Balaban J connectivity index is 1.41. The molecule has 7 heteroatoms. The second kappa shape index (κ2) is 11.7. The van der Waals surface area contributed by atoms with Gasteiger partial charge in [0.05, 0.1) is 0 Å². The topological polar surface area (TPSA) is 61.9 Å². The molecule has 2 aliphatic rings. The number of ether oxygens (including phenoxy) is 1. The third kappa shape index (κ3) is 6.58. The van der Waals surface area contributed by atoms with Crippen LogP contribution < -0.4 is 10.1 Å². The van der Waals surface area contributed by atoms with Crippen LogP contribution in [0.5, 0.6) is 5.75 Å². The Morgan fingerprint density at radius 3 is 2.64 bits per heavy atom. The molecule has 0 aliphatic carbocycles. The molecule has 2 saturated heterocycles. The first kappa shape index (κ1) is 23.8. The normalized spacial score (nSPS) is 19.3. The van der Waals surface area contributed by atoms with E-state index >= 15 is 0 Å². The predicted octanol–water partition coefficient (Wildman–Crippen LogP) is 4.27. The van der Waals surface area contributed by atoms with E-state index in [1.54, 1.807) is 0 Å². The van der Waals surface area contributed by atoms with E-state index in [9.17, 15) is 9.59 Å². The summed E-state index contributed by atoms with van der Waals surface area (Å²) in [6.45, 7) is 7.51. The number of carbonyl (C=O) groups excluding carboxylic acids is 2. The summed E-state index contributed by atoms with van der Waals surface area (Å²) < 4.78 is 5.93. The number of benzene rings is 1. The fraction of sp³-hybridized carbons (Fsp3) is 0.538. The Hall–Kier alpha value is -2.38. The van der Waals surface area contributed by atoms with Crippen molar-refractivity contribution in [1.82, 2.24) is 15.1 Å². The fourth-order valence-corrected chi connectivity index (χ4v) is 5.68. The van der Waals surface area contributed by atoms with Gasteiger partial charge in [0.15, 0.2) is 6.61 Å². The number of carbonyl (C=O) groups is 2. The Morgan fingerprint density at radius 2 is 1.88 bits per heavy atom. The fourth-order valence-electron chi connectivity index (χ4n) is 4.66. The molecule has 1 atom stereocenters. The van der Waals surface area contributed by atoms with Crippen molar-refractivity contribution in [2.45, 2.75) is 39.0 Å². The molecule has 6 nitrogen and oxygen atoms in total. The number of amides is 2. The summed E-state index contributed by atoms with van der Waals surface area (Å²) in [6, 6.07) is 11.9. The van der Waals surface area contributed by atoms with Crippen LogP contribution in [-0.4, -0.2) is 67.5 Å². The molecule has 2 fully saturated rings. The van der Waals surface area contributed by atoms with Crippen LogP contribution >= 0.6 is 11.3 Å². The van der Waals surface area contributed by atoms with Gasteiger partial charge in [0, 0.05) is 37.6 Å². The van der Waals surface area contributed by atoms with Crippen molar-refractivity contribution in [3.8, 4) is 16.2 Å². The monoisotopic (exact) mass is 469 g/mol. The highest BCUT2D eigenvalue weighted by Crippen LogP contribution is 2.36. The highest BCUT2D eigenvalue weighted by atomic mass is 32.1. The number of hydrogen-bond acceptors (Lipinski definition) is 5. The van der Waals surface area contributed by atoms with E-state index in [0.717, 1.165) is 61.9 Å². The first-order valence-corrected chi connectivity index (χ1v) is 13.0. The van der Waals surface area contributed by atoms with Crippen LogP contribution in [-0.2, 0) is 4.79 Å². The second-order valence-corrected chi connectivity index (χ2v) is 10.3. The summed E-state index contributed by atoms with van der Waals surface area (Å²) in [5, 5.41) is 3.07. The average molecular weight is 470 g/mol. The molecule has 178 valence electrons. The van der Waals surface area contributed by atoms with Crippen LogP contribution in [0, 0.1) is 5.92 Å². The van der Waals surface area contributed by atoms with Crippen molar-refractivity contribution in [3.63, 3.8) is 0 Å². The molecule has 1 aromatic heterocycles. The van der Waals surface area contributed by atoms with Gasteiger partial charge in [0.1, 0.15) is 10.6 Å². The summed E-state index contributed by atoms with van der Waals surface area (Å²) in [5.41, 5.74) is 1.04. The lowest BCUT2D eigenvalue weighted by Gasteiger charge is -2.30. The van der Waals surface area contributed by atoms with Crippen molar-refractivity contribution in [2.24, 2.45) is 5.92 Å². The van der Waals surface area contributed by atoms with Crippen molar-refractivity contribution < 1.29 is 14.3 Å². The summed E-state index contributed by atoms with van der Waals surface area (Å²) >= 11 is 1.42. The van der Waals surface area contributed by atoms with E-state index in [1.165, 1.54) is 30.6 Å². The molecule has 2 aromatic rings. The van der Waals surface area contributed by atoms with Gasteiger partial charge in [-0.25, -0.2) is 0 Å². The average Bonchev–Trinajstić information content (AvgIpc) is 3.28. The Morgan fingerprint density at radius 1 is 1.09 bits per heavy atom. The van der Waals surface area contributed by atoms with Crippen molar-refractivity contribution >= 4 is 23.2 Å². The number of nitrogens with one attached hydrogen (secondary N) is 1. The smallest absolute Gasteiger partial charge is 0.265 e. The van der Waals surface area contributed by atoms with Crippen molar-refractivity contribution in [3.05, 3.63) is 41.3 Å². The zero-order valence-corrected chi connectivity index (χ0v) is 20.4. The lowest BCUT2D eigenvalue weighted by Crippen LogP contribution is -2.40. The molecule has 0 saturated carbocycles. The molecule has 1 unspecified atom stereocenters. The Bertz CT molecular complexity index is 924. The van der Waals surface area contributed by atoms with Crippen LogP contribution in [0.4, 0.5) is 0 Å². The Kier molecular flexibility index (Phi) is 8.40. The van der Waals surface area contributed by atoms with Crippen LogP contribution in [0.25, 0.3) is 10.4 Å². The predicted molar refractivity (Wildman–Crippen MR) is 133 cm³/mol. The zero-order chi connectivity index (χ0) is 23.0. The molecule has 3 heterocycles. The van der Waals surface area contributed by atoms with Crippen molar-refractivity contribution in [2.75, 3.05) is 45.9 Å². The third-order valence-corrected chi connectivity index (χ3v) is 7.64. The van der Waals surface area contributed by atoms with Crippen LogP contribution in [0.2, 0.25) is 0 Å². The van der Waals surface area contributed by atoms with E-state index in [4.69, 9.17) is 4.74 Å². The van der Waals surface area contributed by atoms with E-state index in [0.29, 0.717) is 17.2 Å². The number of likely N-dealkylation sites (tertiary alicyclic amines) is 2. The molecular weight excluding hydrogens is 434 g/mol. The highest BCUT2D eigenvalue weighted by Gasteiger charge is 2.22. The minimum Gasteiger partial charge on any atom is -0.482 e. The summed E-state index contributed by atoms with van der Waals surface area (Å²) in [6.07, 6.45) is 5.79. The molecule has 33 heavy (non-hydrogen) atoms. The van der Waals surface area contributed by atoms with Crippen LogP contribution in [0.15, 0.2) is 36.4 Å². The maximum atomic E-state index is 13.1. The quantitative estimate of drug-likeness (QED) is 0.627. The highest BCUT2D eigenvalue weighted by molar-refractivity contribution is 7.17. The van der Waals surface area contributed by atoms with E-state index in [2.05, 4.69) is 17.1 Å². The first-order chi connectivity index (χ1) is 16.1. The van der Waals surface area contributed by atoms with Gasteiger partial charge in [-0.05, 0) is 56.2 Å². The molecular formula is C26H35N3O3S. The summed E-state index contributed by atoms with van der Waals surface area (Å²) in [7, 11) is 0. The van der Waals surface area contributed by atoms with Gasteiger partial charge in [0.25, 0.3) is 11.8 Å². The number of rotatable bonds is 8. The van der Waals surface area contributed by atoms with Gasteiger partial charge in [-0.15, -0.1) is 11.3 Å². The van der Waals surface area contributed by atoms with Crippen LogP contribution in [0.3, 0.4) is 0 Å². The summed E-state index contributed by atoms with van der Waals surface area (Å²) in [4.78, 5) is 31.5. The van der Waals surface area contributed by atoms with Crippen LogP contribution in [0.1, 0.15) is 48.7 Å². The maximum Gasteiger partial charge on any atom is 0.265 e. The SMILES string of the molecule is CC1CCCN(CCNC(=O)c2sc(-c3ccccc3)cc2OCC(=O)N2CCCCC2)C1. The summed E-state index contributed by atoms with van der Waals surface area (Å²) in [5.74, 6) is 1.08. The minimum absolute atomic E-state index is 0.00672. The van der Waals surface area contributed by atoms with Gasteiger partial charge in [-0.2, -0.15) is 0 Å². The van der Waals surface area contributed by atoms with E-state index in [-0.39, 0.29) is 18.4 Å². The largest absolute Gasteiger partial charge is 0.482 e. The molecule has 2 amide bonds. The number of thiophene rings is 1. The van der Waals surface area contributed by atoms with Gasteiger partial charge < -0.3 is 19.9 Å². The molecule has 2 aliphatic heterocycles. The molecule has 4 rings (SSSR count). The third-order valence-electron chi connectivity index (χ3n) is 6.48. The molecule has 1 N–H and O–H groups in total. The minimum atomic E-state index is -0.132. The first-order valence-electron chi connectivity index (χ1n) is 12.2. The van der Waals surface area contributed by atoms with Gasteiger partial charge in [-0.1, -0.05) is 37.3 Å². The molecule has 0 bridgehead atoms. The number of hydrogen-bond donors (Lipinski definition) is 1. The molecule has 0 spiro atoms. The van der Waals surface area contributed by atoms with Gasteiger partial charge in [0.2, 0.25) is 0 Å².